The molecule has 4 nitrogen and oxygen atoms in total. The summed E-state index contributed by atoms with van der Waals surface area (Å²) in [6, 6.07) is 6.22. The van der Waals surface area contributed by atoms with Crippen molar-refractivity contribution in [3.63, 3.8) is 0 Å². The fraction of sp³-hybridized carbons (Fsp3) is 0.286. The lowest BCUT2D eigenvalue weighted by atomic mass is 10.3. The van der Waals surface area contributed by atoms with Gasteiger partial charge >= 0.3 is 0 Å². The molecule has 0 fully saturated rings. The van der Waals surface area contributed by atoms with Crippen molar-refractivity contribution < 1.29 is 13.9 Å². The molecule has 0 bridgehead atoms. The first kappa shape index (κ1) is 13.3. The summed E-state index contributed by atoms with van der Waals surface area (Å²) >= 11 is 0. The molecule has 2 rings (SSSR count). The Morgan fingerprint density at radius 3 is 2.89 bits per heavy atom. The first-order valence-corrected chi connectivity index (χ1v) is 6.09. The number of carbonyl (C=O) groups excluding carboxylic acids is 1. The van der Waals surface area contributed by atoms with E-state index in [0.29, 0.717) is 25.3 Å². The Morgan fingerprint density at radius 2 is 2.21 bits per heavy atom. The molecular weight excluding hydrogens is 247 g/mol. The van der Waals surface area contributed by atoms with Crippen molar-refractivity contribution in [1.82, 2.24) is 9.55 Å². The lowest BCUT2D eigenvalue weighted by molar-refractivity contribution is 0.0890. The van der Waals surface area contributed by atoms with Crippen LogP contribution in [-0.2, 0) is 0 Å². The topological polar surface area (TPSA) is 44.1 Å². The highest BCUT2D eigenvalue weighted by molar-refractivity contribution is 5.79. The zero-order valence-electron chi connectivity index (χ0n) is 10.7. The molecule has 0 spiro atoms. The van der Waals surface area contributed by atoms with Gasteiger partial charge < -0.3 is 4.74 Å². The van der Waals surface area contributed by atoms with Crippen LogP contribution in [0, 0.1) is 12.7 Å². The predicted octanol–water partition coefficient (Wildman–Crippen LogP) is 2.83. The van der Waals surface area contributed by atoms with Crippen LogP contribution in [-0.4, -0.2) is 22.1 Å². The Labute approximate surface area is 110 Å². The molecule has 0 aliphatic rings. The van der Waals surface area contributed by atoms with E-state index in [1.54, 1.807) is 37.5 Å². The van der Waals surface area contributed by atoms with Gasteiger partial charge in [0, 0.05) is 18.8 Å². The molecule has 0 aliphatic carbocycles. The average Bonchev–Trinajstić information content (AvgIpc) is 2.82. The van der Waals surface area contributed by atoms with E-state index in [1.807, 2.05) is 0 Å². The Bertz CT molecular complexity index is 566. The zero-order chi connectivity index (χ0) is 13.7. The number of aromatic nitrogens is 2. The third kappa shape index (κ3) is 3.40. The van der Waals surface area contributed by atoms with Crippen molar-refractivity contribution in [3.05, 3.63) is 48.3 Å². The van der Waals surface area contributed by atoms with Gasteiger partial charge in [0.25, 0.3) is 0 Å². The fourth-order valence-corrected chi connectivity index (χ4v) is 1.73. The maximum atomic E-state index is 13.2. The van der Waals surface area contributed by atoms with Gasteiger partial charge in [0.05, 0.1) is 6.61 Å². The molecule has 1 aromatic heterocycles. The second-order valence-electron chi connectivity index (χ2n) is 4.12. The van der Waals surface area contributed by atoms with Gasteiger partial charge in [-0.1, -0.05) is 12.1 Å². The molecule has 0 saturated heterocycles. The fourth-order valence-electron chi connectivity index (χ4n) is 1.73. The smallest absolute Gasteiger partial charge is 0.232 e. The molecule has 100 valence electrons. The Morgan fingerprint density at radius 1 is 1.42 bits per heavy atom. The minimum atomic E-state index is -0.390. The van der Waals surface area contributed by atoms with Crippen molar-refractivity contribution in [1.29, 1.82) is 0 Å². The van der Waals surface area contributed by atoms with E-state index < -0.39 is 0 Å². The first-order chi connectivity index (χ1) is 9.18. The summed E-state index contributed by atoms with van der Waals surface area (Å²) < 4.78 is 20.0. The van der Waals surface area contributed by atoms with Gasteiger partial charge in [0.15, 0.2) is 11.6 Å². The van der Waals surface area contributed by atoms with Crippen molar-refractivity contribution in [3.8, 4) is 5.75 Å². The van der Waals surface area contributed by atoms with E-state index in [-0.39, 0.29) is 17.5 Å². The van der Waals surface area contributed by atoms with Crippen molar-refractivity contribution in [2.24, 2.45) is 0 Å². The van der Waals surface area contributed by atoms with Crippen molar-refractivity contribution in [2.75, 3.05) is 6.61 Å². The monoisotopic (exact) mass is 262 g/mol. The van der Waals surface area contributed by atoms with E-state index in [9.17, 15) is 9.18 Å². The lowest BCUT2D eigenvalue weighted by Gasteiger charge is -2.07. The second-order valence-corrected chi connectivity index (χ2v) is 4.12. The van der Waals surface area contributed by atoms with E-state index >= 15 is 0 Å². The number of rotatable bonds is 5. The SMILES string of the molecule is Cc1nccn1C(=O)CCCOc1ccccc1F. The van der Waals surface area contributed by atoms with Gasteiger partial charge in [0.2, 0.25) is 5.91 Å². The highest BCUT2D eigenvalue weighted by atomic mass is 19.1. The maximum absolute atomic E-state index is 13.2. The molecule has 0 atom stereocenters. The minimum Gasteiger partial charge on any atom is -0.491 e. The number of halogens is 1. The number of ether oxygens (including phenoxy) is 1. The van der Waals surface area contributed by atoms with Gasteiger partial charge in [-0.25, -0.2) is 9.37 Å². The molecule has 0 N–H and O–H groups in total. The summed E-state index contributed by atoms with van der Waals surface area (Å²) in [5.41, 5.74) is 0. The van der Waals surface area contributed by atoms with Crippen molar-refractivity contribution >= 4 is 5.91 Å². The summed E-state index contributed by atoms with van der Waals surface area (Å²) in [5.74, 6) is 0.459. The van der Waals surface area contributed by atoms with Crippen LogP contribution in [0.1, 0.15) is 23.5 Å². The third-order valence-electron chi connectivity index (χ3n) is 2.72. The summed E-state index contributed by atoms with van der Waals surface area (Å²) in [7, 11) is 0. The average molecular weight is 262 g/mol. The molecule has 1 aromatic carbocycles. The van der Waals surface area contributed by atoms with Crippen LogP contribution in [0.2, 0.25) is 0 Å². The number of imidazole rings is 1. The number of hydrogen-bond acceptors (Lipinski definition) is 3. The van der Waals surface area contributed by atoms with Crippen LogP contribution in [0.3, 0.4) is 0 Å². The van der Waals surface area contributed by atoms with Crippen LogP contribution in [0.4, 0.5) is 4.39 Å². The molecule has 5 heteroatoms. The van der Waals surface area contributed by atoms with E-state index in [0.717, 1.165) is 0 Å². The lowest BCUT2D eigenvalue weighted by Crippen LogP contribution is -2.12. The summed E-state index contributed by atoms with van der Waals surface area (Å²) in [6.07, 6.45) is 4.09. The molecule has 0 saturated carbocycles. The summed E-state index contributed by atoms with van der Waals surface area (Å²) in [6.45, 7) is 2.08. The van der Waals surface area contributed by atoms with Gasteiger partial charge in [0.1, 0.15) is 5.82 Å². The second kappa shape index (κ2) is 6.13. The predicted molar refractivity (Wildman–Crippen MR) is 68.7 cm³/mol. The third-order valence-corrected chi connectivity index (χ3v) is 2.72. The minimum absolute atomic E-state index is 0.0351. The van der Waals surface area contributed by atoms with Gasteiger partial charge in [-0.15, -0.1) is 0 Å². The highest BCUT2D eigenvalue weighted by Crippen LogP contribution is 2.15. The molecule has 0 aliphatic heterocycles. The quantitative estimate of drug-likeness (QED) is 0.778. The molecule has 1 heterocycles. The van der Waals surface area contributed by atoms with Crippen molar-refractivity contribution in [2.45, 2.75) is 19.8 Å². The molecule has 0 radical (unpaired) electrons. The Kier molecular flexibility index (Phi) is 4.28. The summed E-state index contributed by atoms with van der Waals surface area (Å²) in [4.78, 5) is 15.8. The van der Waals surface area contributed by atoms with E-state index in [4.69, 9.17) is 4.74 Å². The largest absolute Gasteiger partial charge is 0.491 e. The van der Waals surface area contributed by atoms with Crippen LogP contribution in [0.5, 0.6) is 5.75 Å². The van der Waals surface area contributed by atoms with E-state index in [2.05, 4.69) is 4.98 Å². The maximum Gasteiger partial charge on any atom is 0.232 e. The van der Waals surface area contributed by atoms with Crippen LogP contribution >= 0.6 is 0 Å². The molecule has 0 amide bonds. The number of aryl methyl sites for hydroxylation is 1. The molecular formula is C14H15FN2O2. The number of nitrogens with zero attached hydrogens (tertiary/aromatic N) is 2. The molecule has 19 heavy (non-hydrogen) atoms. The Hall–Kier alpha value is -2.17. The number of carbonyl (C=O) groups is 1. The van der Waals surface area contributed by atoms with Crippen LogP contribution in [0.15, 0.2) is 36.7 Å². The molecule has 0 unspecified atom stereocenters. The van der Waals surface area contributed by atoms with Gasteiger partial charge in [-0.3, -0.25) is 9.36 Å². The number of para-hydroxylation sites is 1. The zero-order valence-corrected chi connectivity index (χ0v) is 10.7. The standard InChI is InChI=1S/C14H15FN2O2/c1-11-16-8-9-17(11)14(18)7-4-10-19-13-6-3-2-5-12(13)15/h2-3,5-6,8-9H,4,7,10H2,1H3. The molecule has 2 aromatic rings. The van der Waals surface area contributed by atoms with Crippen LogP contribution in [0.25, 0.3) is 0 Å². The first-order valence-electron chi connectivity index (χ1n) is 6.09. The Balaban J connectivity index is 1.77. The van der Waals surface area contributed by atoms with Gasteiger partial charge in [-0.05, 0) is 25.5 Å². The number of hydrogen-bond donors (Lipinski definition) is 0. The highest BCUT2D eigenvalue weighted by Gasteiger charge is 2.07. The number of benzene rings is 1. The normalized spacial score (nSPS) is 10.4. The van der Waals surface area contributed by atoms with Crippen LogP contribution < -0.4 is 4.74 Å². The summed E-state index contributed by atoms with van der Waals surface area (Å²) in [5, 5.41) is 0. The van der Waals surface area contributed by atoms with E-state index in [1.165, 1.54) is 10.6 Å². The van der Waals surface area contributed by atoms with Gasteiger partial charge in [-0.2, -0.15) is 0 Å².